The lowest BCUT2D eigenvalue weighted by Crippen LogP contribution is -2.46. The van der Waals surface area contributed by atoms with E-state index in [4.69, 9.17) is 0 Å². The van der Waals surface area contributed by atoms with Crippen LogP contribution in [0.4, 0.5) is 5.69 Å². The number of aliphatic hydroxyl groups is 1. The molecular weight excluding hydrogens is 240 g/mol. The maximum absolute atomic E-state index is 12.2. The number of hydrogen-bond donors (Lipinski definition) is 1. The van der Waals surface area contributed by atoms with Crippen molar-refractivity contribution in [3.05, 3.63) is 30.3 Å². The summed E-state index contributed by atoms with van der Waals surface area (Å²) in [6.07, 6.45) is 1.46. The fourth-order valence-corrected chi connectivity index (χ4v) is 2.29. The molecule has 0 aliphatic carbocycles. The molecular formula is C15H22N2O2. The van der Waals surface area contributed by atoms with E-state index in [1.165, 1.54) is 0 Å². The molecule has 1 aliphatic heterocycles. The van der Waals surface area contributed by atoms with Gasteiger partial charge in [-0.1, -0.05) is 18.2 Å². The number of rotatable bonds is 3. The average Bonchev–Trinajstić information content (AvgIpc) is 2.41. The normalized spacial score (nSPS) is 19.1. The molecule has 1 fully saturated rings. The van der Waals surface area contributed by atoms with E-state index in [1.807, 2.05) is 37.3 Å². The second kappa shape index (κ2) is 5.72. The fraction of sp³-hybridized carbons (Fsp3) is 0.533. The number of benzene rings is 1. The number of anilines is 1. The van der Waals surface area contributed by atoms with Crippen molar-refractivity contribution in [2.45, 2.75) is 25.4 Å². The highest BCUT2D eigenvalue weighted by molar-refractivity contribution is 5.94. The summed E-state index contributed by atoms with van der Waals surface area (Å²) >= 11 is 0. The average molecular weight is 262 g/mol. The van der Waals surface area contributed by atoms with Crippen LogP contribution in [0.25, 0.3) is 0 Å². The number of para-hydroxylation sites is 1. The molecule has 1 saturated heterocycles. The molecule has 0 spiro atoms. The summed E-state index contributed by atoms with van der Waals surface area (Å²) in [5.74, 6) is 0.0905. The molecule has 4 nitrogen and oxygen atoms in total. The van der Waals surface area contributed by atoms with Gasteiger partial charge >= 0.3 is 0 Å². The smallest absolute Gasteiger partial charge is 0.240 e. The monoisotopic (exact) mass is 262 g/mol. The number of carbonyl (C=O) groups excluding carboxylic acids is 1. The highest BCUT2D eigenvalue weighted by atomic mass is 16.3. The molecule has 0 unspecified atom stereocenters. The molecule has 19 heavy (non-hydrogen) atoms. The van der Waals surface area contributed by atoms with Gasteiger partial charge in [0.15, 0.2) is 0 Å². The minimum absolute atomic E-state index is 0.0905. The van der Waals surface area contributed by atoms with Crippen LogP contribution in [0.15, 0.2) is 30.3 Å². The first kappa shape index (κ1) is 14.0. The van der Waals surface area contributed by atoms with Crippen molar-refractivity contribution in [3.63, 3.8) is 0 Å². The van der Waals surface area contributed by atoms with Crippen LogP contribution in [-0.2, 0) is 4.79 Å². The lowest BCUT2D eigenvalue weighted by molar-refractivity contribution is -0.120. The van der Waals surface area contributed by atoms with E-state index in [-0.39, 0.29) is 5.91 Å². The van der Waals surface area contributed by atoms with Gasteiger partial charge in [-0.3, -0.25) is 9.69 Å². The van der Waals surface area contributed by atoms with Crippen molar-refractivity contribution in [2.24, 2.45) is 0 Å². The minimum atomic E-state index is -0.565. The van der Waals surface area contributed by atoms with Crippen LogP contribution in [0.1, 0.15) is 19.8 Å². The minimum Gasteiger partial charge on any atom is -0.390 e. The van der Waals surface area contributed by atoms with Gasteiger partial charge in [0.2, 0.25) is 5.91 Å². The van der Waals surface area contributed by atoms with Crippen LogP contribution >= 0.6 is 0 Å². The Bertz CT molecular complexity index is 421. The van der Waals surface area contributed by atoms with E-state index in [2.05, 4.69) is 4.90 Å². The molecule has 0 aromatic heterocycles. The van der Waals surface area contributed by atoms with Gasteiger partial charge in [0, 0.05) is 25.8 Å². The predicted molar refractivity (Wildman–Crippen MR) is 76.1 cm³/mol. The van der Waals surface area contributed by atoms with Gasteiger partial charge in [0.05, 0.1) is 12.1 Å². The third kappa shape index (κ3) is 3.78. The Morgan fingerprint density at radius 3 is 2.47 bits per heavy atom. The summed E-state index contributed by atoms with van der Waals surface area (Å²) in [5.41, 5.74) is 0.349. The lowest BCUT2D eigenvalue weighted by Gasteiger charge is -2.35. The molecule has 0 atom stereocenters. The van der Waals surface area contributed by atoms with Crippen molar-refractivity contribution in [1.29, 1.82) is 0 Å². The third-order valence-corrected chi connectivity index (χ3v) is 3.81. The SMILES string of the molecule is CN(C(=O)CN1CCC(C)(O)CC1)c1ccccc1. The molecule has 1 aromatic carbocycles. The maximum Gasteiger partial charge on any atom is 0.240 e. The molecule has 104 valence electrons. The van der Waals surface area contributed by atoms with Gasteiger partial charge in [-0.05, 0) is 31.9 Å². The van der Waals surface area contributed by atoms with E-state index in [0.29, 0.717) is 6.54 Å². The molecule has 0 bridgehead atoms. The van der Waals surface area contributed by atoms with Crippen molar-refractivity contribution in [1.82, 2.24) is 4.90 Å². The Kier molecular flexibility index (Phi) is 4.22. The van der Waals surface area contributed by atoms with Gasteiger partial charge in [-0.2, -0.15) is 0 Å². The molecule has 4 heteroatoms. The van der Waals surface area contributed by atoms with Crippen molar-refractivity contribution in [2.75, 3.05) is 31.6 Å². The largest absolute Gasteiger partial charge is 0.390 e. The summed E-state index contributed by atoms with van der Waals surface area (Å²) in [5, 5.41) is 9.89. The van der Waals surface area contributed by atoms with Crippen LogP contribution in [0, 0.1) is 0 Å². The number of carbonyl (C=O) groups is 1. The first-order valence-corrected chi connectivity index (χ1v) is 6.74. The first-order chi connectivity index (χ1) is 8.98. The van der Waals surface area contributed by atoms with Gasteiger partial charge in [-0.25, -0.2) is 0 Å². The van der Waals surface area contributed by atoms with Gasteiger partial charge in [0.1, 0.15) is 0 Å². The Balaban J connectivity index is 1.88. The van der Waals surface area contributed by atoms with E-state index >= 15 is 0 Å². The van der Waals surface area contributed by atoms with Crippen LogP contribution in [0.5, 0.6) is 0 Å². The second-order valence-electron chi connectivity index (χ2n) is 5.56. The Labute approximate surface area is 114 Å². The third-order valence-electron chi connectivity index (χ3n) is 3.81. The van der Waals surface area contributed by atoms with E-state index in [1.54, 1.807) is 11.9 Å². The van der Waals surface area contributed by atoms with Crippen molar-refractivity contribution >= 4 is 11.6 Å². The number of likely N-dealkylation sites (tertiary alicyclic amines) is 1. The zero-order valence-electron chi connectivity index (χ0n) is 11.7. The van der Waals surface area contributed by atoms with Crippen LogP contribution in [0.3, 0.4) is 0 Å². The van der Waals surface area contributed by atoms with Crippen LogP contribution < -0.4 is 4.90 Å². The Morgan fingerprint density at radius 2 is 1.89 bits per heavy atom. The molecule has 1 heterocycles. The highest BCUT2D eigenvalue weighted by Gasteiger charge is 2.28. The van der Waals surface area contributed by atoms with E-state index in [9.17, 15) is 9.90 Å². The summed E-state index contributed by atoms with van der Waals surface area (Å²) in [6, 6.07) is 9.65. The molecule has 1 aromatic rings. The van der Waals surface area contributed by atoms with Crippen molar-refractivity contribution < 1.29 is 9.90 Å². The first-order valence-electron chi connectivity index (χ1n) is 6.74. The summed E-state index contributed by atoms with van der Waals surface area (Å²) in [7, 11) is 1.80. The fourth-order valence-electron chi connectivity index (χ4n) is 2.29. The number of hydrogen-bond acceptors (Lipinski definition) is 3. The molecule has 1 amide bonds. The molecule has 0 radical (unpaired) electrons. The number of amides is 1. The van der Waals surface area contributed by atoms with Gasteiger partial charge in [-0.15, -0.1) is 0 Å². The van der Waals surface area contributed by atoms with Crippen molar-refractivity contribution in [3.8, 4) is 0 Å². The summed E-state index contributed by atoms with van der Waals surface area (Å²) < 4.78 is 0. The van der Waals surface area contributed by atoms with Gasteiger partial charge < -0.3 is 10.0 Å². The zero-order chi connectivity index (χ0) is 13.9. The van der Waals surface area contributed by atoms with Crippen LogP contribution in [0.2, 0.25) is 0 Å². The predicted octanol–water partition coefficient (Wildman–Crippen LogP) is 1.50. The molecule has 1 aliphatic rings. The Hall–Kier alpha value is -1.39. The number of piperidine rings is 1. The van der Waals surface area contributed by atoms with E-state index in [0.717, 1.165) is 31.6 Å². The topological polar surface area (TPSA) is 43.8 Å². The number of nitrogens with zero attached hydrogens (tertiary/aromatic N) is 2. The highest BCUT2D eigenvalue weighted by Crippen LogP contribution is 2.21. The van der Waals surface area contributed by atoms with Gasteiger partial charge in [0.25, 0.3) is 0 Å². The van der Waals surface area contributed by atoms with Crippen LogP contribution in [-0.4, -0.2) is 48.2 Å². The molecule has 2 rings (SSSR count). The quantitative estimate of drug-likeness (QED) is 0.897. The molecule has 1 N–H and O–H groups in total. The zero-order valence-corrected chi connectivity index (χ0v) is 11.7. The maximum atomic E-state index is 12.2. The lowest BCUT2D eigenvalue weighted by atomic mass is 9.94. The second-order valence-corrected chi connectivity index (χ2v) is 5.56. The Morgan fingerprint density at radius 1 is 1.32 bits per heavy atom. The summed E-state index contributed by atoms with van der Waals surface area (Å²) in [4.78, 5) is 16.0. The standard InChI is InChI=1S/C15H22N2O2/c1-15(19)8-10-17(11-9-15)12-14(18)16(2)13-6-4-3-5-7-13/h3-7,19H,8-12H2,1-2H3. The number of likely N-dealkylation sites (N-methyl/N-ethyl adjacent to an activating group) is 1. The van der Waals surface area contributed by atoms with E-state index < -0.39 is 5.60 Å². The summed E-state index contributed by atoms with van der Waals surface area (Å²) in [6.45, 7) is 3.84. The molecule has 0 saturated carbocycles.